The van der Waals surface area contributed by atoms with Crippen molar-refractivity contribution in [3.63, 3.8) is 0 Å². The molecule has 4 rings (SSSR count). The standard InChI is InChI=1S/C22H22N2O2/c25-22(24-15-7-12-19(24)17-8-3-1-4-9-17)14-13-21-23-16-20(26-21)18-10-5-2-6-11-18/h1-6,8-11,16,19H,7,12-15H2/t19-/m1/s1. The zero-order valence-electron chi connectivity index (χ0n) is 14.7. The number of nitrogens with zero attached hydrogens (tertiary/aromatic N) is 2. The van der Waals surface area contributed by atoms with Crippen molar-refractivity contribution in [1.29, 1.82) is 0 Å². The number of likely N-dealkylation sites (tertiary alicyclic amines) is 1. The molecule has 0 radical (unpaired) electrons. The summed E-state index contributed by atoms with van der Waals surface area (Å²) < 4.78 is 5.81. The summed E-state index contributed by atoms with van der Waals surface area (Å²) in [4.78, 5) is 19.1. The van der Waals surface area contributed by atoms with Crippen LogP contribution in [-0.4, -0.2) is 22.3 Å². The molecule has 0 saturated carbocycles. The molecule has 0 bridgehead atoms. The second-order valence-corrected chi connectivity index (χ2v) is 6.64. The Morgan fingerprint density at radius 2 is 1.81 bits per heavy atom. The van der Waals surface area contributed by atoms with Crippen LogP contribution in [0.3, 0.4) is 0 Å². The lowest BCUT2D eigenvalue weighted by Crippen LogP contribution is -2.30. The molecule has 1 aliphatic heterocycles. The van der Waals surface area contributed by atoms with E-state index in [1.807, 2.05) is 53.4 Å². The summed E-state index contributed by atoms with van der Waals surface area (Å²) in [6, 6.07) is 20.4. The zero-order chi connectivity index (χ0) is 17.8. The van der Waals surface area contributed by atoms with Crippen LogP contribution in [0.25, 0.3) is 11.3 Å². The maximum atomic E-state index is 12.7. The molecule has 0 aliphatic carbocycles. The van der Waals surface area contributed by atoms with Gasteiger partial charge in [0, 0.05) is 24.9 Å². The summed E-state index contributed by atoms with van der Waals surface area (Å²) in [7, 11) is 0. The van der Waals surface area contributed by atoms with Gasteiger partial charge < -0.3 is 9.32 Å². The minimum absolute atomic E-state index is 0.177. The predicted octanol–water partition coefficient (Wildman–Crippen LogP) is 4.64. The highest BCUT2D eigenvalue weighted by Crippen LogP contribution is 2.32. The van der Waals surface area contributed by atoms with Crippen molar-refractivity contribution in [2.24, 2.45) is 0 Å². The molecule has 26 heavy (non-hydrogen) atoms. The molecule has 1 aliphatic rings. The number of carbonyl (C=O) groups is 1. The minimum Gasteiger partial charge on any atom is -0.441 e. The molecule has 2 aromatic carbocycles. The van der Waals surface area contributed by atoms with Crippen LogP contribution >= 0.6 is 0 Å². The van der Waals surface area contributed by atoms with Gasteiger partial charge in [-0.3, -0.25) is 4.79 Å². The molecule has 0 spiro atoms. The predicted molar refractivity (Wildman–Crippen MR) is 100 cm³/mol. The van der Waals surface area contributed by atoms with Gasteiger partial charge in [0.05, 0.1) is 12.2 Å². The first-order chi connectivity index (χ1) is 12.8. The lowest BCUT2D eigenvalue weighted by atomic mass is 10.0. The molecular weight excluding hydrogens is 324 g/mol. The molecule has 1 atom stereocenters. The fourth-order valence-electron chi connectivity index (χ4n) is 3.61. The molecule has 4 heteroatoms. The molecule has 0 unspecified atom stereocenters. The van der Waals surface area contributed by atoms with Crippen LogP contribution in [0.4, 0.5) is 0 Å². The van der Waals surface area contributed by atoms with Crippen molar-refractivity contribution < 1.29 is 9.21 Å². The number of carbonyl (C=O) groups excluding carboxylic acids is 1. The van der Waals surface area contributed by atoms with E-state index in [2.05, 4.69) is 17.1 Å². The largest absolute Gasteiger partial charge is 0.441 e. The van der Waals surface area contributed by atoms with Gasteiger partial charge in [0.1, 0.15) is 0 Å². The van der Waals surface area contributed by atoms with Crippen LogP contribution < -0.4 is 0 Å². The van der Waals surface area contributed by atoms with Crippen molar-refractivity contribution in [3.05, 3.63) is 78.3 Å². The number of rotatable bonds is 5. The molecule has 1 fully saturated rings. The molecule has 132 valence electrons. The van der Waals surface area contributed by atoms with Crippen molar-refractivity contribution in [1.82, 2.24) is 9.88 Å². The number of hydrogen-bond donors (Lipinski definition) is 0. The van der Waals surface area contributed by atoms with E-state index in [1.165, 1.54) is 5.56 Å². The van der Waals surface area contributed by atoms with E-state index in [0.29, 0.717) is 18.7 Å². The van der Waals surface area contributed by atoms with Gasteiger partial charge in [0.15, 0.2) is 11.7 Å². The number of benzene rings is 2. The molecule has 2 heterocycles. The van der Waals surface area contributed by atoms with Crippen molar-refractivity contribution in [3.8, 4) is 11.3 Å². The summed E-state index contributed by atoms with van der Waals surface area (Å²) in [5, 5.41) is 0. The third-order valence-electron chi connectivity index (χ3n) is 4.92. The van der Waals surface area contributed by atoms with E-state index in [1.54, 1.807) is 6.20 Å². The van der Waals surface area contributed by atoms with Gasteiger partial charge in [-0.05, 0) is 18.4 Å². The van der Waals surface area contributed by atoms with Crippen molar-refractivity contribution in [2.75, 3.05) is 6.54 Å². The molecule has 0 N–H and O–H groups in total. The van der Waals surface area contributed by atoms with Crippen LogP contribution in [0.1, 0.15) is 36.8 Å². The van der Waals surface area contributed by atoms with Gasteiger partial charge in [-0.15, -0.1) is 0 Å². The van der Waals surface area contributed by atoms with Gasteiger partial charge in [0.25, 0.3) is 0 Å². The highest BCUT2D eigenvalue weighted by atomic mass is 16.4. The van der Waals surface area contributed by atoms with Crippen LogP contribution in [0, 0.1) is 0 Å². The fraction of sp³-hybridized carbons (Fsp3) is 0.273. The molecule has 1 saturated heterocycles. The van der Waals surface area contributed by atoms with Gasteiger partial charge in [-0.25, -0.2) is 4.98 Å². The van der Waals surface area contributed by atoms with Crippen molar-refractivity contribution in [2.45, 2.75) is 31.7 Å². The average molecular weight is 346 g/mol. The van der Waals surface area contributed by atoms with Gasteiger partial charge >= 0.3 is 0 Å². The van der Waals surface area contributed by atoms with Crippen LogP contribution in [0.5, 0.6) is 0 Å². The number of oxazole rings is 1. The van der Waals surface area contributed by atoms with E-state index in [0.717, 1.165) is 30.7 Å². The van der Waals surface area contributed by atoms with E-state index in [9.17, 15) is 4.79 Å². The van der Waals surface area contributed by atoms with E-state index in [4.69, 9.17) is 4.42 Å². The lowest BCUT2D eigenvalue weighted by molar-refractivity contribution is -0.132. The Labute approximate surface area is 153 Å². The third-order valence-corrected chi connectivity index (χ3v) is 4.92. The summed E-state index contributed by atoms with van der Waals surface area (Å²) in [6.07, 6.45) is 4.79. The molecule has 1 amide bonds. The van der Waals surface area contributed by atoms with Crippen molar-refractivity contribution >= 4 is 5.91 Å². The van der Waals surface area contributed by atoms with Gasteiger partial charge in [-0.1, -0.05) is 60.7 Å². The summed E-state index contributed by atoms with van der Waals surface area (Å²) in [5.41, 5.74) is 2.22. The molecule has 3 aromatic rings. The SMILES string of the molecule is O=C(CCc1ncc(-c2ccccc2)o1)N1CCC[C@@H]1c1ccccc1. The molecular formula is C22H22N2O2. The van der Waals surface area contributed by atoms with Crippen LogP contribution in [0.2, 0.25) is 0 Å². The monoisotopic (exact) mass is 346 g/mol. The maximum Gasteiger partial charge on any atom is 0.223 e. The number of aryl methyl sites for hydroxylation is 1. The Kier molecular flexibility index (Phi) is 4.82. The quantitative estimate of drug-likeness (QED) is 0.676. The Morgan fingerprint density at radius 3 is 2.58 bits per heavy atom. The van der Waals surface area contributed by atoms with Crippen LogP contribution in [0.15, 0.2) is 71.3 Å². The maximum absolute atomic E-state index is 12.7. The molecule has 4 nitrogen and oxygen atoms in total. The van der Waals surface area contributed by atoms with E-state index >= 15 is 0 Å². The van der Waals surface area contributed by atoms with Gasteiger partial charge in [0.2, 0.25) is 5.91 Å². The van der Waals surface area contributed by atoms with E-state index < -0.39 is 0 Å². The number of hydrogen-bond acceptors (Lipinski definition) is 3. The smallest absolute Gasteiger partial charge is 0.223 e. The average Bonchev–Trinajstić information content (AvgIpc) is 3.37. The highest BCUT2D eigenvalue weighted by Gasteiger charge is 2.29. The summed E-state index contributed by atoms with van der Waals surface area (Å²) >= 11 is 0. The minimum atomic E-state index is 0.177. The first-order valence-corrected chi connectivity index (χ1v) is 9.16. The second kappa shape index (κ2) is 7.56. The first kappa shape index (κ1) is 16.6. The zero-order valence-corrected chi connectivity index (χ0v) is 14.7. The number of amides is 1. The first-order valence-electron chi connectivity index (χ1n) is 9.16. The highest BCUT2D eigenvalue weighted by molar-refractivity contribution is 5.77. The normalized spacial score (nSPS) is 16.8. The lowest BCUT2D eigenvalue weighted by Gasteiger charge is -2.25. The Hall–Kier alpha value is -2.88. The fourth-order valence-corrected chi connectivity index (χ4v) is 3.61. The summed E-state index contributed by atoms with van der Waals surface area (Å²) in [5.74, 6) is 1.54. The Balaban J connectivity index is 1.39. The summed E-state index contributed by atoms with van der Waals surface area (Å²) in [6.45, 7) is 0.833. The Morgan fingerprint density at radius 1 is 1.08 bits per heavy atom. The third kappa shape index (κ3) is 3.54. The van der Waals surface area contributed by atoms with Crippen LogP contribution in [-0.2, 0) is 11.2 Å². The van der Waals surface area contributed by atoms with Gasteiger partial charge in [-0.2, -0.15) is 0 Å². The molecule has 1 aromatic heterocycles. The van der Waals surface area contributed by atoms with E-state index in [-0.39, 0.29) is 11.9 Å². The second-order valence-electron chi connectivity index (χ2n) is 6.64. The topological polar surface area (TPSA) is 46.3 Å². The number of aromatic nitrogens is 1. The Bertz CT molecular complexity index is 858.